The lowest BCUT2D eigenvalue weighted by Gasteiger charge is -2.07. The van der Waals surface area contributed by atoms with Gasteiger partial charge in [0.25, 0.3) is 0 Å². The van der Waals surface area contributed by atoms with E-state index in [2.05, 4.69) is 15.9 Å². The van der Waals surface area contributed by atoms with Gasteiger partial charge in [0.1, 0.15) is 0 Å². The van der Waals surface area contributed by atoms with Crippen molar-refractivity contribution in [3.63, 3.8) is 0 Å². The van der Waals surface area contributed by atoms with E-state index in [9.17, 15) is 4.79 Å². The molecule has 0 amide bonds. The number of thioether (sulfide) groups is 1. The predicted molar refractivity (Wildman–Crippen MR) is 86.5 cm³/mol. The van der Waals surface area contributed by atoms with E-state index in [-0.39, 0.29) is 5.56 Å². The molecule has 0 bridgehead atoms. The number of nitrogen functional groups attached to an aromatic ring is 1. The zero-order valence-corrected chi connectivity index (χ0v) is 13.4. The topological polar surface area (TPSA) is 63.3 Å². The maximum atomic E-state index is 10.9. The molecule has 0 radical (unpaired) electrons. The number of hydrogen-bond acceptors (Lipinski definition) is 3. The Balaban J connectivity index is 2.10. The van der Waals surface area contributed by atoms with Crippen LogP contribution in [0.15, 0.2) is 45.8 Å². The number of halogens is 2. The number of anilines is 1. The van der Waals surface area contributed by atoms with Gasteiger partial charge in [-0.3, -0.25) is 0 Å². The van der Waals surface area contributed by atoms with E-state index in [1.54, 1.807) is 36.0 Å². The minimum atomic E-state index is -0.935. The minimum absolute atomic E-state index is 0.265. The summed E-state index contributed by atoms with van der Waals surface area (Å²) in [7, 11) is 0. The highest BCUT2D eigenvalue weighted by atomic mass is 79.9. The van der Waals surface area contributed by atoms with Crippen molar-refractivity contribution < 1.29 is 9.90 Å². The number of carboxylic acid groups (broad SMARTS) is 1. The zero-order valence-electron chi connectivity index (χ0n) is 10.3. The first kappa shape index (κ1) is 15.2. The largest absolute Gasteiger partial charge is 0.478 e. The van der Waals surface area contributed by atoms with Gasteiger partial charge in [0, 0.05) is 15.1 Å². The van der Waals surface area contributed by atoms with E-state index in [4.69, 9.17) is 22.4 Å². The molecule has 2 aromatic rings. The van der Waals surface area contributed by atoms with Gasteiger partial charge >= 0.3 is 5.97 Å². The Labute approximate surface area is 134 Å². The number of carbonyl (C=O) groups is 1. The molecule has 0 saturated carbocycles. The second-order valence-electron chi connectivity index (χ2n) is 4.08. The fourth-order valence-electron chi connectivity index (χ4n) is 1.56. The normalized spacial score (nSPS) is 10.5. The van der Waals surface area contributed by atoms with Crippen LogP contribution >= 0.6 is 39.3 Å². The Bertz CT molecular complexity index is 664. The number of aromatic carboxylic acids is 1. The van der Waals surface area contributed by atoms with Crippen molar-refractivity contribution >= 4 is 50.9 Å². The predicted octanol–water partition coefficient (Wildman–Crippen LogP) is 4.68. The van der Waals surface area contributed by atoms with Crippen LogP contribution in [0.1, 0.15) is 15.9 Å². The van der Waals surface area contributed by atoms with Crippen molar-refractivity contribution in [1.82, 2.24) is 0 Å². The molecule has 0 heterocycles. The Morgan fingerprint density at radius 3 is 2.65 bits per heavy atom. The molecular weight excluding hydrogens is 362 g/mol. The molecular formula is C14H11BrClNO2S. The Hall–Kier alpha value is -1.17. The van der Waals surface area contributed by atoms with Crippen LogP contribution in [0.25, 0.3) is 0 Å². The molecule has 0 aromatic heterocycles. The maximum Gasteiger partial charge on any atom is 0.335 e. The molecule has 3 nitrogen and oxygen atoms in total. The van der Waals surface area contributed by atoms with Crippen LogP contribution in [0.4, 0.5) is 5.69 Å². The number of hydrogen-bond donors (Lipinski definition) is 2. The highest BCUT2D eigenvalue weighted by molar-refractivity contribution is 9.10. The standard InChI is InChI=1S/C14H11BrClNO2S/c15-11-5-8(14(18)19)1-2-9(11)7-20-10-3-4-13(17)12(16)6-10/h1-6H,7,17H2,(H,18,19). The van der Waals surface area contributed by atoms with Crippen molar-refractivity contribution in [3.8, 4) is 0 Å². The Morgan fingerprint density at radius 1 is 1.30 bits per heavy atom. The van der Waals surface area contributed by atoms with Gasteiger partial charge in [0.05, 0.1) is 16.3 Å². The molecule has 3 N–H and O–H groups in total. The second-order valence-corrected chi connectivity index (χ2v) is 6.39. The van der Waals surface area contributed by atoms with E-state index in [0.29, 0.717) is 16.5 Å². The monoisotopic (exact) mass is 371 g/mol. The van der Waals surface area contributed by atoms with Gasteiger partial charge in [-0.15, -0.1) is 11.8 Å². The fourth-order valence-corrected chi connectivity index (χ4v) is 3.45. The number of carboxylic acids is 1. The van der Waals surface area contributed by atoms with Crippen molar-refractivity contribution in [1.29, 1.82) is 0 Å². The molecule has 0 unspecified atom stereocenters. The number of benzene rings is 2. The Morgan fingerprint density at radius 2 is 2.05 bits per heavy atom. The lowest BCUT2D eigenvalue weighted by Crippen LogP contribution is -1.96. The van der Waals surface area contributed by atoms with Gasteiger partial charge in [-0.25, -0.2) is 4.79 Å². The van der Waals surface area contributed by atoms with Crippen LogP contribution in [0, 0.1) is 0 Å². The van der Waals surface area contributed by atoms with Crippen LogP contribution in [-0.4, -0.2) is 11.1 Å². The summed E-state index contributed by atoms with van der Waals surface area (Å²) in [4.78, 5) is 11.9. The summed E-state index contributed by atoms with van der Waals surface area (Å²) in [6, 6.07) is 10.5. The van der Waals surface area contributed by atoms with E-state index in [1.165, 1.54) is 0 Å². The summed E-state index contributed by atoms with van der Waals surface area (Å²) in [5.41, 5.74) is 7.51. The van der Waals surface area contributed by atoms with Gasteiger partial charge in [-0.1, -0.05) is 33.6 Å². The smallest absolute Gasteiger partial charge is 0.335 e. The summed E-state index contributed by atoms with van der Waals surface area (Å²) < 4.78 is 0.784. The molecule has 0 fully saturated rings. The first-order chi connectivity index (χ1) is 9.47. The maximum absolute atomic E-state index is 10.9. The van der Waals surface area contributed by atoms with Crippen LogP contribution in [0.5, 0.6) is 0 Å². The first-order valence-electron chi connectivity index (χ1n) is 5.67. The number of rotatable bonds is 4. The molecule has 0 saturated heterocycles. The molecule has 6 heteroatoms. The molecule has 0 aliphatic heterocycles. The van der Waals surface area contributed by atoms with E-state index < -0.39 is 5.97 Å². The average Bonchev–Trinajstić information content (AvgIpc) is 2.41. The van der Waals surface area contributed by atoms with E-state index in [1.807, 2.05) is 12.1 Å². The number of nitrogens with two attached hydrogens (primary N) is 1. The van der Waals surface area contributed by atoms with Crippen molar-refractivity contribution in [3.05, 3.63) is 57.0 Å². The average molecular weight is 373 g/mol. The quantitative estimate of drug-likeness (QED) is 0.604. The Kier molecular flexibility index (Phi) is 4.96. The van der Waals surface area contributed by atoms with Crippen LogP contribution in [0.3, 0.4) is 0 Å². The summed E-state index contributed by atoms with van der Waals surface area (Å²) >= 11 is 11.0. The summed E-state index contributed by atoms with van der Waals surface area (Å²) in [5.74, 6) is -0.226. The lowest BCUT2D eigenvalue weighted by atomic mass is 10.1. The molecule has 2 aromatic carbocycles. The van der Waals surface area contributed by atoms with Crippen LogP contribution < -0.4 is 5.73 Å². The zero-order chi connectivity index (χ0) is 14.7. The molecule has 0 aliphatic rings. The highest BCUT2D eigenvalue weighted by Crippen LogP contribution is 2.31. The van der Waals surface area contributed by atoms with Crippen molar-refractivity contribution in [2.24, 2.45) is 0 Å². The molecule has 104 valence electrons. The minimum Gasteiger partial charge on any atom is -0.478 e. The van der Waals surface area contributed by atoms with E-state index in [0.717, 1.165) is 14.9 Å². The third-order valence-corrected chi connectivity index (χ3v) is 4.77. The molecule has 0 spiro atoms. The van der Waals surface area contributed by atoms with Crippen LogP contribution in [0.2, 0.25) is 5.02 Å². The van der Waals surface area contributed by atoms with Gasteiger partial charge in [0.2, 0.25) is 0 Å². The van der Waals surface area contributed by atoms with E-state index >= 15 is 0 Å². The molecule has 0 aliphatic carbocycles. The lowest BCUT2D eigenvalue weighted by molar-refractivity contribution is 0.0697. The molecule has 0 atom stereocenters. The van der Waals surface area contributed by atoms with Crippen LogP contribution in [-0.2, 0) is 5.75 Å². The third kappa shape index (κ3) is 3.69. The summed E-state index contributed by atoms with van der Waals surface area (Å²) in [6.45, 7) is 0. The highest BCUT2D eigenvalue weighted by Gasteiger charge is 2.07. The SMILES string of the molecule is Nc1ccc(SCc2ccc(C(=O)O)cc2Br)cc1Cl. The van der Waals surface area contributed by atoms with Gasteiger partial charge in [0.15, 0.2) is 0 Å². The van der Waals surface area contributed by atoms with Gasteiger partial charge in [-0.2, -0.15) is 0 Å². The third-order valence-electron chi connectivity index (χ3n) is 2.67. The fraction of sp³-hybridized carbons (Fsp3) is 0.0714. The molecule has 2 rings (SSSR count). The van der Waals surface area contributed by atoms with Gasteiger partial charge < -0.3 is 10.8 Å². The van der Waals surface area contributed by atoms with Gasteiger partial charge in [-0.05, 0) is 35.9 Å². The summed E-state index contributed by atoms with van der Waals surface area (Å²) in [6.07, 6.45) is 0. The second kappa shape index (κ2) is 6.52. The first-order valence-corrected chi connectivity index (χ1v) is 7.82. The van der Waals surface area contributed by atoms with Crippen molar-refractivity contribution in [2.75, 3.05) is 5.73 Å². The molecule has 20 heavy (non-hydrogen) atoms. The summed E-state index contributed by atoms with van der Waals surface area (Å²) in [5, 5.41) is 9.45. The van der Waals surface area contributed by atoms with Crippen molar-refractivity contribution in [2.45, 2.75) is 10.6 Å².